The van der Waals surface area contributed by atoms with E-state index >= 15 is 0 Å². The largest absolute Gasteiger partial charge is 0.461 e. The Morgan fingerprint density at radius 2 is 2.00 bits per heavy atom. The maximum absolute atomic E-state index is 12.0. The SMILES string of the molecule is CN(C)c1ccc(CNC(=O)CCc2nc(-c3ccco3)no2)cc1. The van der Waals surface area contributed by atoms with E-state index in [1.165, 1.54) is 0 Å². The lowest BCUT2D eigenvalue weighted by Crippen LogP contribution is -2.23. The third-order valence-corrected chi connectivity index (χ3v) is 3.72. The minimum Gasteiger partial charge on any atom is -0.461 e. The van der Waals surface area contributed by atoms with E-state index in [-0.39, 0.29) is 12.3 Å². The molecule has 0 saturated carbocycles. The highest BCUT2D eigenvalue weighted by molar-refractivity contribution is 5.76. The first-order valence-corrected chi connectivity index (χ1v) is 8.01. The van der Waals surface area contributed by atoms with Crippen molar-refractivity contribution in [3.8, 4) is 11.6 Å². The van der Waals surface area contributed by atoms with E-state index in [1.807, 2.05) is 43.3 Å². The Labute approximate surface area is 145 Å². The summed E-state index contributed by atoms with van der Waals surface area (Å²) < 4.78 is 10.3. The van der Waals surface area contributed by atoms with E-state index in [2.05, 4.69) is 15.5 Å². The summed E-state index contributed by atoms with van der Waals surface area (Å²) in [7, 11) is 3.98. The molecule has 2 heterocycles. The van der Waals surface area contributed by atoms with Crippen LogP contribution in [0.1, 0.15) is 17.9 Å². The van der Waals surface area contributed by atoms with Crippen LogP contribution in [-0.2, 0) is 17.8 Å². The molecule has 1 N–H and O–H groups in total. The van der Waals surface area contributed by atoms with Gasteiger partial charge in [-0.1, -0.05) is 17.3 Å². The molecule has 1 aromatic carbocycles. The molecule has 0 unspecified atom stereocenters. The topological polar surface area (TPSA) is 84.4 Å². The fraction of sp³-hybridized carbons (Fsp3) is 0.278. The summed E-state index contributed by atoms with van der Waals surface area (Å²) in [4.78, 5) is 18.2. The molecule has 7 heteroatoms. The molecular formula is C18H20N4O3. The van der Waals surface area contributed by atoms with Gasteiger partial charge in [-0.05, 0) is 29.8 Å². The molecular weight excluding hydrogens is 320 g/mol. The van der Waals surface area contributed by atoms with Gasteiger partial charge in [-0.3, -0.25) is 4.79 Å². The minimum absolute atomic E-state index is 0.0607. The molecule has 0 aliphatic heterocycles. The van der Waals surface area contributed by atoms with Crippen molar-refractivity contribution >= 4 is 11.6 Å². The summed E-state index contributed by atoms with van der Waals surface area (Å²) in [5.41, 5.74) is 2.18. The van der Waals surface area contributed by atoms with Crippen LogP contribution in [-0.4, -0.2) is 30.1 Å². The predicted molar refractivity (Wildman–Crippen MR) is 92.9 cm³/mol. The van der Waals surface area contributed by atoms with Gasteiger partial charge in [0.15, 0.2) is 5.76 Å². The van der Waals surface area contributed by atoms with Crippen LogP contribution in [0.25, 0.3) is 11.6 Å². The van der Waals surface area contributed by atoms with E-state index in [9.17, 15) is 4.79 Å². The summed E-state index contributed by atoms with van der Waals surface area (Å²) in [6.07, 6.45) is 2.22. The normalized spacial score (nSPS) is 10.6. The van der Waals surface area contributed by atoms with Gasteiger partial charge in [0.2, 0.25) is 17.6 Å². The van der Waals surface area contributed by atoms with Crippen LogP contribution in [0.2, 0.25) is 0 Å². The van der Waals surface area contributed by atoms with E-state index in [4.69, 9.17) is 8.94 Å². The van der Waals surface area contributed by atoms with Gasteiger partial charge in [0, 0.05) is 39.2 Å². The summed E-state index contributed by atoms with van der Waals surface area (Å²) in [6, 6.07) is 11.6. The molecule has 0 bridgehead atoms. The molecule has 0 atom stereocenters. The van der Waals surface area contributed by atoms with Gasteiger partial charge >= 0.3 is 0 Å². The summed E-state index contributed by atoms with van der Waals surface area (Å²) >= 11 is 0. The molecule has 0 spiro atoms. The van der Waals surface area contributed by atoms with Gasteiger partial charge in [0.05, 0.1) is 6.26 Å². The second-order valence-electron chi connectivity index (χ2n) is 5.83. The monoisotopic (exact) mass is 340 g/mol. The fourth-order valence-electron chi connectivity index (χ4n) is 2.28. The van der Waals surface area contributed by atoms with Crippen molar-refractivity contribution in [3.63, 3.8) is 0 Å². The number of benzene rings is 1. The molecule has 3 rings (SSSR count). The Bertz CT molecular complexity index is 807. The van der Waals surface area contributed by atoms with Crippen molar-refractivity contribution in [2.75, 3.05) is 19.0 Å². The smallest absolute Gasteiger partial charge is 0.238 e. The lowest BCUT2D eigenvalue weighted by atomic mass is 10.2. The molecule has 0 radical (unpaired) electrons. The van der Waals surface area contributed by atoms with Crippen molar-refractivity contribution in [1.82, 2.24) is 15.5 Å². The quantitative estimate of drug-likeness (QED) is 0.712. The molecule has 0 fully saturated rings. The van der Waals surface area contributed by atoms with Crippen LogP contribution < -0.4 is 10.2 Å². The van der Waals surface area contributed by atoms with Gasteiger partial charge in [0.1, 0.15) is 0 Å². The lowest BCUT2D eigenvalue weighted by Gasteiger charge is -2.12. The average Bonchev–Trinajstić information content (AvgIpc) is 3.29. The molecule has 0 saturated heterocycles. The number of aromatic nitrogens is 2. The van der Waals surface area contributed by atoms with Gasteiger partial charge in [-0.2, -0.15) is 4.98 Å². The Hall–Kier alpha value is -3.09. The van der Waals surface area contributed by atoms with Crippen LogP contribution in [0.15, 0.2) is 51.6 Å². The maximum atomic E-state index is 12.0. The van der Waals surface area contributed by atoms with Gasteiger partial charge in [0.25, 0.3) is 0 Å². The highest BCUT2D eigenvalue weighted by atomic mass is 16.5. The zero-order valence-corrected chi connectivity index (χ0v) is 14.2. The highest BCUT2D eigenvalue weighted by Gasteiger charge is 2.12. The molecule has 2 aromatic heterocycles. The standard InChI is InChI=1S/C18H20N4O3/c1-22(2)14-7-5-13(6-8-14)12-19-16(23)9-10-17-20-18(21-25-17)15-4-3-11-24-15/h3-8,11H,9-10,12H2,1-2H3,(H,19,23). The van der Waals surface area contributed by atoms with E-state index in [1.54, 1.807) is 18.4 Å². The number of carbonyl (C=O) groups excluding carboxylic acids is 1. The van der Waals surface area contributed by atoms with Crippen molar-refractivity contribution in [1.29, 1.82) is 0 Å². The number of hydrogen-bond acceptors (Lipinski definition) is 6. The molecule has 1 amide bonds. The first-order chi connectivity index (χ1) is 12.1. The van der Waals surface area contributed by atoms with Gasteiger partial charge < -0.3 is 19.2 Å². The van der Waals surface area contributed by atoms with Crippen LogP contribution >= 0.6 is 0 Å². The Morgan fingerprint density at radius 3 is 2.68 bits per heavy atom. The zero-order valence-electron chi connectivity index (χ0n) is 14.2. The number of anilines is 1. The van der Waals surface area contributed by atoms with E-state index in [0.717, 1.165) is 11.3 Å². The zero-order chi connectivity index (χ0) is 17.6. The number of rotatable bonds is 7. The van der Waals surface area contributed by atoms with Crippen LogP contribution in [0.5, 0.6) is 0 Å². The Morgan fingerprint density at radius 1 is 1.20 bits per heavy atom. The second-order valence-corrected chi connectivity index (χ2v) is 5.83. The maximum Gasteiger partial charge on any atom is 0.238 e. The number of nitrogens with zero attached hydrogens (tertiary/aromatic N) is 3. The van der Waals surface area contributed by atoms with Crippen molar-refractivity contribution in [2.45, 2.75) is 19.4 Å². The fourth-order valence-corrected chi connectivity index (χ4v) is 2.28. The molecule has 0 aliphatic carbocycles. The first-order valence-electron chi connectivity index (χ1n) is 8.01. The van der Waals surface area contributed by atoms with Crippen molar-refractivity contribution in [2.24, 2.45) is 0 Å². The average molecular weight is 340 g/mol. The third kappa shape index (κ3) is 4.47. The summed E-state index contributed by atoms with van der Waals surface area (Å²) in [5.74, 6) is 1.29. The summed E-state index contributed by atoms with van der Waals surface area (Å²) in [5, 5.41) is 6.73. The number of furan rings is 1. The summed E-state index contributed by atoms with van der Waals surface area (Å²) in [6.45, 7) is 0.494. The second kappa shape index (κ2) is 7.65. The molecule has 130 valence electrons. The number of hydrogen-bond donors (Lipinski definition) is 1. The van der Waals surface area contributed by atoms with Crippen molar-refractivity contribution in [3.05, 3.63) is 54.1 Å². The predicted octanol–water partition coefficient (Wildman–Crippen LogP) is 2.64. The first kappa shape index (κ1) is 16.8. The lowest BCUT2D eigenvalue weighted by molar-refractivity contribution is -0.121. The molecule has 3 aromatic rings. The van der Waals surface area contributed by atoms with Crippen molar-refractivity contribution < 1.29 is 13.7 Å². The van der Waals surface area contributed by atoms with Crippen LogP contribution in [0, 0.1) is 0 Å². The number of amides is 1. The van der Waals surface area contributed by atoms with Gasteiger partial charge in [-0.15, -0.1) is 0 Å². The molecule has 7 nitrogen and oxygen atoms in total. The van der Waals surface area contributed by atoms with Crippen LogP contribution in [0.4, 0.5) is 5.69 Å². The van der Waals surface area contributed by atoms with Crippen LogP contribution in [0.3, 0.4) is 0 Å². The van der Waals surface area contributed by atoms with E-state index < -0.39 is 0 Å². The Kier molecular flexibility index (Phi) is 5.13. The molecule has 0 aliphatic rings. The number of nitrogens with one attached hydrogen (secondary N) is 1. The Balaban J connectivity index is 1.45. The van der Waals surface area contributed by atoms with Gasteiger partial charge in [-0.25, -0.2) is 0 Å². The highest BCUT2D eigenvalue weighted by Crippen LogP contribution is 2.16. The number of aryl methyl sites for hydroxylation is 1. The minimum atomic E-state index is -0.0607. The third-order valence-electron chi connectivity index (χ3n) is 3.72. The van der Waals surface area contributed by atoms with E-state index in [0.29, 0.717) is 30.4 Å². The number of carbonyl (C=O) groups is 1. The molecule has 25 heavy (non-hydrogen) atoms.